The Balaban J connectivity index is 1.45. The number of carbonyl (C=O) groups excluding carboxylic acids is 1. The van der Waals surface area contributed by atoms with Crippen LogP contribution >= 0.6 is 39.3 Å². The second-order valence-electron chi connectivity index (χ2n) is 6.88. The van der Waals surface area contributed by atoms with Gasteiger partial charge in [-0.3, -0.25) is 4.79 Å². The normalized spacial score (nSPS) is 11.3. The van der Waals surface area contributed by atoms with Crippen LogP contribution in [0.3, 0.4) is 0 Å². The maximum atomic E-state index is 12.3. The summed E-state index contributed by atoms with van der Waals surface area (Å²) in [6, 6.07) is 20.5. The van der Waals surface area contributed by atoms with Gasteiger partial charge in [0.2, 0.25) is 0 Å². The first-order valence-corrected chi connectivity index (χ1v) is 11.8. The Morgan fingerprint density at radius 1 is 1.19 bits per heavy atom. The summed E-state index contributed by atoms with van der Waals surface area (Å²) < 4.78 is 2.89. The van der Waals surface area contributed by atoms with Crippen molar-refractivity contribution in [3.05, 3.63) is 87.4 Å². The number of carbonyl (C=O) groups is 1. The molecule has 0 bridgehead atoms. The first-order valence-electron chi connectivity index (χ1n) is 9.62. The van der Waals surface area contributed by atoms with E-state index in [1.807, 2.05) is 48.5 Å². The number of aromatic nitrogens is 2. The molecule has 0 unspecified atom stereocenters. The molecule has 9 heteroatoms. The smallest absolute Gasteiger partial charge is 0.250 e. The van der Waals surface area contributed by atoms with Gasteiger partial charge >= 0.3 is 0 Å². The Morgan fingerprint density at radius 2 is 1.97 bits per heavy atom. The molecule has 2 N–H and O–H groups in total. The van der Waals surface area contributed by atoms with Crippen molar-refractivity contribution in [3.63, 3.8) is 0 Å². The average Bonchev–Trinajstić information content (AvgIpc) is 3.13. The monoisotopic (exact) mass is 528 g/mol. The van der Waals surface area contributed by atoms with Crippen molar-refractivity contribution in [1.29, 1.82) is 0 Å². The Labute approximate surface area is 202 Å². The second-order valence-corrected chi connectivity index (χ2v) is 9.18. The molecular formula is C23H18BrClN4O2S. The predicted molar refractivity (Wildman–Crippen MR) is 133 cm³/mol. The van der Waals surface area contributed by atoms with Crippen LogP contribution in [0.25, 0.3) is 11.0 Å². The highest BCUT2D eigenvalue weighted by atomic mass is 79.9. The number of nitrogens with zero attached hydrogens (tertiary/aromatic N) is 3. The van der Waals surface area contributed by atoms with E-state index in [0.717, 1.165) is 26.2 Å². The third-order valence-corrected chi connectivity index (χ3v) is 6.31. The lowest BCUT2D eigenvalue weighted by Gasteiger charge is -2.09. The highest BCUT2D eigenvalue weighted by molar-refractivity contribution is 9.10. The van der Waals surface area contributed by atoms with Crippen LogP contribution in [0.5, 0.6) is 5.75 Å². The van der Waals surface area contributed by atoms with E-state index in [1.165, 1.54) is 18.0 Å². The summed E-state index contributed by atoms with van der Waals surface area (Å²) in [7, 11) is 0. The number of phenolic OH excluding ortho intramolecular Hbond substituents is 1. The molecule has 1 aromatic heterocycles. The maximum absolute atomic E-state index is 12.3. The lowest BCUT2D eigenvalue weighted by atomic mass is 10.2. The van der Waals surface area contributed by atoms with Crippen molar-refractivity contribution < 1.29 is 9.90 Å². The summed E-state index contributed by atoms with van der Waals surface area (Å²) in [6.45, 7) is 0.613. The van der Waals surface area contributed by atoms with Gasteiger partial charge in [-0.2, -0.15) is 5.10 Å². The molecule has 0 radical (unpaired) electrons. The molecule has 162 valence electrons. The van der Waals surface area contributed by atoms with Crippen LogP contribution < -0.4 is 5.43 Å². The number of benzene rings is 3. The number of imidazole rings is 1. The van der Waals surface area contributed by atoms with Crippen molar-refractivity contribution >= 4 is 62.4 Å². The molecule has 0 spiro atoms. The Bertz CT molecular complexity index is 1290. The van der Waals surface area contributed by atoms with E-state index in [9.17, 15) is 9.90 Å². The number of aromatic hydroxyl groups is 1. The van der Waals surface area contributed by atoms with Crippen molar-refractivity contribution in [2.24, 2.45) is 5.10 Å². The Kier molecular flexibility index (Phi) is 7.14. The molecule has 0 atom stereocenters. The Morgan fingerprint density at radius 3 is 2.78 bits per heavy atom. The molecule has 4 aromatic rings. The number of thioether (sulfide) groups is 1. The standard InChI is InChI=1S/C23H18BrClN4O2S/c24-17-7-10-21(30)16(11-17)12-26-28-22(31)14-32-23-27-19-3-1-2-4-20(19)29(23)13-15-5-8-18(25)9-6-15/h1-12,30H,13-14H2,(H,28,31). The SMILES string of the molecule is O=C(CSc1nc2ccccc2n1Cc1ccc(Cl)cc1)NN=Cc1cc(Br)ccc1O. The minimum Gasteiger partial charge on any atom is -0.507 e. The van der Waals surface area contributed by atoms with Crippen LogP contribution in [-0.2, 0) is 11.3 Å². The van der Waals surface area contributed by atoms with Gasteiger partial charge in [0, 0.05) is 15.1 Å². The minimum absolute atomic E-state index is 0.0801. The summed E-state index contributed by atoms with van der Waals surface area (Å²) in [5, 5.41) is 15.2. The van der Waals surface area contributed by atoms with Crippen molar-refractivity contribution in [2.45, 2.75) is 11.7 Å². The predicted octanol–water partition coefficient (Wildman–Crippen LogP) is 5.45. The number of hydrogen-bond donors (Lipinski definition) is 2. The second kappa shape index (κ2) is 10.2. The van der Waals surface area contributed by atoms with Gasteiger partial charge in [-0.1, -0.05) is 63.6 Å². The van der Waals surface area contributed by atoms with Crippen molar-refractivity contribution in [1.82, 2.24) is 15.0 Å². The van der Waals surface area contributed by atoms with Gasteiger partial charge < -0.3 is 9.67 Å². The number of hydrazone groups is 1. The molecule has 1 amide bonds. The number of fused-ring (bicyclic) bond motifs is 1. The fourth-order valence-corrected chi connectivity index (χ4v) is 4.36. The summed E-state index contributed by atoms with van der Waals surface area (Å²) in [5.74, 6) is -0.0477. The molecule has 0 aliphatic rings. The van der Waals surface area contributed by atoms with Crippen LogP contribution in [0, 0.1) is 0 Å². The quantitative estimate of drug-likeness (QED) is 0.190. The van der Waals surface area contributed by atoms with E-state index in [2.05, 4.69) is 31.0 Å². The van der Waals surface area contributed by atoms with Gasteiger partial charge in [0.1, 0.15) is 5.75 Å². The summed E-state index contributed by atoms with van der Waals surface area (Å²) in [5.41, 5.74) is 5.93. The molecule has 0 saturated carbocycles. The van der Waals surface area contributed by atoms with E-state index >= 15 is 0 Å². The third-order valence-electron chi connectivity index (χ3n) is 4.59. The van der Waals surface area contributed by atoms with Gasteiger partial charge in [-0.15, -0.1) is 0 Å². The zero-order chi connectivity index (χ0) is 22.5. The number of amides is 1. The summed E-state index contributed by atoms with van der Waals surface area (Å²) >= 11 is 10.7. The zero-order valence-corrected chi connectivity index (χ0v) is 19.9. The molecular weight excluding hydrogens is 512 g/mol. The van der Waals surface area contributed by atoms with E-state index in [0.29, 0.717) is 17.1 Å². The van der Waals surface area contributed by atoms with Crippen LogP contribution in [0.4, 0.5) is 0 Å². The lowest BCUT2D eigenvalue weighted by Crippen LogP contribution is -2.20. The van der Waals surface area contributed by atoms with Gasteiger partial charge in [-0.25, -0.2) is 10.4 Å². The van der Waals surface area contributed by atoms with Gasteiger partial charge in [0.15, 0.2) is 5.16 Å². The van der Waals surface area contributed by atoms with Crippen LogP contribution in [-0.4, -0.2) is 32.5 Å². The van der Waals surface area contributed by atoms with E-state index in [1.54, 1.807) is 18.2 Å². The number of hydrogen-bond acceptors (Lipinski definition) is 5. The van der Waals surface area contributed by atoms with Crippen molar-refractivity contribution in [2.75, 3.05) is 5.75 Å². The maximum Gasteiger partial charge on any atom is 0.250 e. The van der Waals surface area contributed by atoms with Gasteiger partial charge in [0.05, 0.1) is 29.5 Å². The average molecular weight is 530 g/mol. The van der Waals surface area contributed by atoms with E-state index in [4.69, 9.17) is 16.6 Å². The molecule has 0 saturated heterocycles. The fraction of sp³-hybridized carbons (Fsp3) is 0.0870. The highest BCUT2D eigenvalue weighted by Gasteiger charge is 2.13. The first-order chi connectivity index (χ1) is 15.5. The molecule has 0 aliphatic carbocycles. The summed E-state index contributed by atoms with van der Waals surface area (Å²) in [6.07, 6.45) is 1.40. The zero-order valence-electron chi connectivity index (χ0n) is 16.7. The molecule has 0 aliphatic heterocycles. The van der Waals surface area contributed by atoms with Crippen LogP contribution in [0.15, 0.2) is 81.5 Å². The van der Waals surface area contributed by atoms with Gasteiger partial charge in [-0.05, 0) is 48.0 Å². The molecule has 3 aromatic carbocycles. The molecule has 4 rings (SSSR count). The number of rotatable bonds is 7. The fourth-order valence-electron chi connectivity index (χ4n) is 3.05. The molecule has 0 fully saturated rings. The Hall–Kier alpha value is -2.81. The number of para-hydroxylation sites is 2. The highest BCUT2D eigenvalue weighted by Crippen LogP contribution is 2.25. The molecule has 6 nitrogen and oxygen atoms in total. The summed E-state index contributed by atoms with van der Waals surface area (Å²) in [4.78, 5) is 17.0. The van der Waals surface area contributed by atoms with Crippen LogP contribution in [0.2, 0.25) is 5.02 Å². The van der Waals surface area contributed by atoms with E-state index < -0.39 is 0 Å². The van der Waals surface area contributed by atoms with Crippen molar-refractivity contribution in [3.8, 4) is 5.75 Å². The lowest BCUT2D eigenvalue weighted by molar-refractivity contribution is -0.118. The molecule has 1 heterocycles. The largest absolute Gasteiger partial charge is 0.507 e. The topological polar surface area (TPSA) is 79.5 Å². The number of phenols is 1. The third kappa shape index (κ3) is 5.51. The number of nitrogens with one attached hydrogen (secondary N) is 1. The minimum atomic E-state index is -0.272. The van der Waals surface area contributed by atoms with E-state index in [-0.39, 0.29) is 17.4 Å². The van der Waals surface area contributed by atoms with Crippen LogP contribution in [0.1, 0.15) is 11.1 Å². The number of halogens is 2. The molecule has 32 heavy (non-hydrogen) atoms. The van der Waals surface area contributed by atoms with Gasteiger partial charge in [0.25, 0.3) is 5.91 Å². The first kappa shape index (κ1) is 22.4.